The fourth-order valence-corrected chi connectivity index (χ4v) is 4.39. The lowest BCUT2D eigenvalue weighted by molar-refractivity contribution is 0.356. The summed E-state index contributed by atoms with van der Waals surface area (Å²) >= 11 is 0. The molecule has 8 heteroatoms. The summed E-state index contributed by atoms with van der Waals surface area (Å²) in [6.07, 6.45) is 2.16. The summed E-state index contributed by atoms with van der Waals surface area (Å²) < 4.78 is 11.1. The van der Waals surface area contributed by atoms with Gasteiger partial charge in [0.15, 0.2) is 11.5 Å². The average Bonchev–Trinajstić information content (AvgIpc) is 2.81. The van der Waals surface area contributed by atoms with Gasteiger partial charge in [-0.3, -0.25) is 4.79 Å². The van der Waals surface area contributed by atoms with E-state index in [4.69, 9.17) is 14.5 Å². The third-order valence-corrected chi connectivity index (χ3v) is 5.97. The molecular weight excluding hydrogens is 485 g/mol. The zero-order valence-electron chi connectivity index (χ0n) is 20.8. The molecule has 0 saturated carbocycles. The largest absolute Gasteiger partial charge is 0.493 e. The number of aryl methyl sites for hydroxylation is 2. The van der Waals surface area contributed by atoms with Gasteiger partial charge in [-0.2, -0.15) is 0 Å². The topological polar surface area (TPSA) is 76.2 Å². The van der Waals surface area contributed by atoms with Crippen molar-refractivity contribution in [3.63, 3.8) is 0 Å². The number of pyridine rings is 2. The van der Waals surface area contributed by atoms with Gasteiger partial charge in [0.1, 0.15) is 5.82 Å². The molecule has 0 fully saturated rings. The van der Waals surface area contributed by atoms with Crippen LogP contribution in [0.1, 0.15) is 42.7 Å². The van der Waals surface area contributed by atoms with Crippen molar-refractivity contribution in [3.05, 3.63) is 69.1 Å². The van der Waals surface area contributed by atoms with E-state index < -0.39 is 0 Å². The van der Waals surface area contributed by atoms with Gasteiger partial charge in [-0.1, -0.05) is 25.0 Å². The van der Waals surface area contributed by atoms with Gasteiger partial charge < -0.3 is 19.8 Å². The Bertz CT molecular complexity index is 1390. The van der Waals surface area contributed by atoms with Crippen molar-refractivity contribution in [1.29, 1.82) is 0 Å². The third-order valence-electron chi connectivity index (χ3n) is 5.97. The number of ether oxygens (including phenoxy) is 2. The lowest BCUT2D eigenvalue weighted by Gasteiger charge is -2.16. The van der Waals surface area contributed by atoms with Crippen LogP contribution in [0.25, 0.3) is 21.7 Å². The number of fused-ring (bicyclic) bond motifs is 2. The lowest BCUT2D eigenvalue weighted by Crippen LogP contribution is -2.17. The molecule has 35 heavy (non-hydrogen) atoms. The van der Waals surface area contributed by atoms with Gasteiger partial charge in [-0.15, -0.1) is 24.8 Å². The average molecular weight is 518 g/mol. The van der Waals surface area contributed by atoms with Gasteiger partial charge in [0.2, 0.25) is 0 Å². The van der Waals surface area contributed by atoms with E-state index in [0.29, 0.717) is 23.5 Å². The quantitative estimate of drug-likeness (QED) is 0.290. The Morgan fingerprint density at radius 3 is 2.29 bits per heavy atom. The zero-order chi connectivity index (χ0) is 23.5. The van der Waals surface area contributed by atoms with Crippen LogP contribution in [0.15, 0.2) is 41.2 Å². The van der Waals surface area contributed by atoms with E-state index in [1.165, 1.54) is 5.56 Å². The molecule has 0 aliphatic rings. The van der Waals surface area contributed by atoms with E-state index in [-0.39, 0.29) is 30.4 Å². The minimum Gasteiger partial charge on any atom is -0.493 e. The normalized spacial score (nSPS) is 10.5. The first-order valence-electron chi connectivity index (χ1n) is 11.4. The molecule has 188 valence electrons. The van der Waals surface area contributed by atoms with E-state index in [0.717, 1.165) is 58.1 Å². The van der Waals surface area contributed by atoms with Crippen LogP contribution >= 0.6 is 24.8 Å². The number of hydrogen-bond acceptors (Lipinski definition) is 5. The fraction of sp³-hybridized carbons (Fsp3) is 0.333. The van der Waals surface area contributed by atoms with Crippen molar-refractivity contribution in [3.8, 4) is 11.5 Å². The van der Waals surface area contributed by atoms with Crippen LogP contribution in [-0.4, -0.2) is 30.7 Å². The number of aromatic amines is 1. The molecule has 0 aliphatic carbocycles. The summed E-state index contributed by atoms with van der Waals surface area (Å²) in [5.41, 5.74) is 4.63. The van der Waals surface area contributed by atoms with Crippen LogP contribution < -0.4 is 20.3 Å². The summed E-state index contributed by atoms with van der Waals surface area (Å²) in [6, 6.07) is 12.2. The molecule has 0 radical (unpaired) electrons. The first-order valence-corrected chi connectivity index (χ1v) is 11.4. The van der Waals surface area contributed by atoms with E-state index in [9.17, 15) is 4.79 Å². The van der Waals surface area contributed by atoms with Gasteiger partial charge >= 0.3 is 0 Å². The SMILES string of the molecule is CCCc1[nH]c(=O)c(Cc2cc3cc(C)ccc3nc2NCC)c2cc(OC)c(OC)cc12.Cl.Cl. The predicted molar refractivity (Wildman–Crippen MR) is 150 cm³/mol. The monoisotopic (exact) mass is 517 g/mol. The minimum atomic E-state index is -0.0787. The third kappa shape index (κ3) is 5.65. The molecule has 0 atom stereocenters. The Morgan fingerprint density at radius 1 is 0.971 bits per heavy atom. The van der Waals surface area contributed by atoms with Gasteiger partial charge in [0.25, 0.3) is 5.56 Å². The van der Waals surface area contributed by atoms with E-state index in [1.54, 1.807) is 14.2 Å². The molecule has 2 heterocycles. The number of methoxy groups -OCH3 is 2. The van der Waals surface area contributed by atoms with Crippen LogP contribution in [0.2, 0.25) is 0 Å². The summed E-state index contributed by atoms with van der Waals surface area (Å²) in [4.78, 5) is 21.3. The van der Waals surface area contributed by atoms with Crippen molar-refractivity contribution >= 4 is 52.3 Å². The molecule has 2 N–H and O–H groups in total. The Labute approximate surface area is 218 Å². The molecule has 0 spiro atoms. The predicted octanol–water partition coefficient (Wildman–Crippen LogP) is 6.22. The summed E-state index contributed by atoms with van der Waals surface area (Å²) in [6.45, 7) is 6.96. The van der Waals surface area contributed by atoms with Crippen molar-refractivity contribution in [2.45, 2.75) is 40.0 Å². The molecule has 4 rings (SSSR count). The molecule has 0 bridgehead atoms. The highest BCUT2D eigenvalue weighted by atomic mass is 35.5. The second-order valence-corrected chi connectivity index (χ2v) is 8.31. The van der Waals surface area contributed by atoms with Crippen molar-refractivity contribution in [2.75, 3.05) is 26.1 Å². The number of aromatic nitrogens is 2. The summed E-state index contributed by atoms with van der Waals surface area (Å²) in [5, 5.41) is 6.31. The number of nitrogens with one attached hydrogen (secondary N) is 2. The number of hydrogen-bond donors (Lipinski definition) is 2. The van der Waals surface area contributed by atoms with Crippen LogP contribution in [0.5, 0.6) is 11.5 Å². The highest BCUT2D eigenvalue weighted by Crippen LogP contribution is 2.35. The van der Waals surface area contributed by atoms with Crippen molar-refractivity contribution in [2.24, 2.45) is 0 Å². The maximum atomic E-state index is 13.3. The number of nitrogens with zero attached hydrogens (tertiary/aromatic N) is 1. The number of benzene rings is 2. The first kappa shape index (κ1) is 28.3. The van der Waals surface area contributed by atoms with Crippen LogP contribution in [0, 0.1) is 6.92 Å². The number of rotatable bonds is 8. The number of H-pyrrole nitrogens is 1. The van der Waals surface area contributed by atoms with Crippen molar-refractivity contribution in [1.82, 2.24) is 9.97 Å². The first-order chi connectivity index (χ1) is 16.0. The molecule has 0 amide bonds. The standard InChI is InChI=1S/C27H31N3O3.2ClH/c1-6-8-23-20-15-25(33-5)24(32-4)14-19(20)21(27(31)30-23)13-18-12-17-11-16(3)9-10-22(17)29-26(18)28-7-2;;/h9-12,14-15H,6-8,13H2,1-5H3,(H,28,29)(H,30,31);2*1H. The smallest absolute Gasteiger partial charge is 0.252 e. The molecule has 0 saturated heterocycles. The highest BCUT2D eigenvalue weighted by Gasteiger charge is 2.18. The zero-order valence-corrected chi connectivity index (χ0v) is 22.4. The van der Waals surface area contributed by atoms with Gasteiger partial charge in [0.05, 0.1) is 19.7 Å². The molecule has 0 unspecified atom stereocenters. The number of halogens is 2. The lowest BCUT2D eigenvalue weighted by atomic mass is 9.96. The maximum Gasteiger partial charge on any atom is 0.252 e. The number of anilines is 1. The molecule has 2 aromatic heterocycles. The van der Waals surface area contributed by atoms with E-state index >= 15 is 0 Å². The summed E-state index contributed by atoms with van der Waals surface area (Å²) in [5.74, 6) is 2.06. The Hall–Kier alpha value is -2.96. The van der Waals surface area contributed by atoms with Crippen LogP contribution in [-0.2, 0) is 12.8 Å². The Kier molecular flexibility index (Phi) is 9.81. The maximum absolute atomic E-state index is 13.3. The van der Waals surface area contributed by atoms with Crippen molar-refractivity contribution < 1.29 is 9.47 Å². The molecule has 4 aromatic rings. The van der Waals surface area contributed by atoms with Crippen LogP contribution in [0.3, 0.4) is 0 Å². The van der Waals surface area contributed by atoms with Gasteiger partial charge in [-0.05, 0) is 61.5 Å². The second-order valence-electron chi connectivity index (χ2n) is 8.31. The van der Waals surface area contributed by atoms with E-state index in [2.05, 4.69) is 42.3 Å². The minimum absolute atomic E-state index is 0. The molecule has 0 aliphatic heterocycles. The molecular formula is C27H33Cl2N3O3. The van der Waals surface area contributed by atoms with Gasteiger partial charge in [-0.25, -0.2) is 4.98 Å². The summed E-state index contributed by atoms with van der Waals surface area (Å²) in [7, 11) is 3.24. The highest BCUT2D eigenvalue weighted by molar-refractivity contribution is 5.91. The Morgan fingerprint density at radius 2 is 1.66 bits per heavy atom. The Balaban J connectivity index is 0.00000216. The fourth-order valence-electron chi connectivity index (χ4n) is 4.39. The van der Waals surface area contributed by atoms with E-state index in [1.807, 2.05) is 25.1 Å². The van der Waals surface area contributed by atoms with Gasteiger partial charge in [0, 0.05) is 35.0 Å². The van der Waals surface area contributed by atoms with Crippen LogP contribution in [0.4, 0.5) is 5.82 Å². The second kappa shape index (κ2) is 12.1. The molecule has 2 aromatic carbocycles. The molecule has 6 nitrogen and oxygen atoms in total.